The topological polar surface area (TPSA) is 266 Å². The first-order chi connectivity index (χ1) is 44.1. The number of aromatic nitrogens is 16. The number of rotatable bonds is 13. The van der Waals surface area contributed by atoms with Crippen molar-refractivity contribution in [2.24, 2.45) is 5.92 Å². The second-order valence-electron chi connectivity index (χ2n) is 23.8. The zero-order valence-corrected chi connectivity index (χ0v) is 50.4. The number of anilines is 4. The first-order valence-corrected chi connectivity index (χ1v) is 32.2. The van der Waals surface area contributed by atoms with Crippen molar-refractivity contribution < 1.29 is 0 Å². The SMILES string of the molecule is c1cnc2[nH]cc(-c3ccnc(NC4CCCC4)n3)c2c1.c1cnc2[nH]cc(-c3ccnc(NC4CCCCC4)n3)c2c1.c1cnc2[nH]cc(-c3ccnc(NC4CCCCCC4)n3)c2c1.c1cnc2[nH]cc(-c3ccnc(NCC4CCCCC4)n3)c2c1. The Balaban J connectivity index is 0.000000109. The van der Waals surface area contributed by atoms with E-state index in [0.29, 0.717) is 24.1 Å². The molecule has 0 atom stereocenters. The van der Waals surface area contributed by atoms with Crippen LogP contribution in [-0.2, 0) is 0 Å². The quantitative estimate of drug-likeness (QED) is 0.0499. The Morgan fingerprint density at radius 3 is 0.921 bits per heavy atom. The van der Waals surface area contributed by atoms with Crippen LogP contribution < -0.4 is 21.3 Å². The molecule has 12 heterocycles. The molecule has 4 aliphatic rings. The van der Waals surface area contributed by atoms with Gasteiger partial charge in [-0.1, -0.05) is 77.0 Å². The van der Waals surface area contributed by atoms with Gasteiger partial charge in [-0.3, -0.25) is 0 Å². The van der Waals surface area contributed by atoms with Gasteiger partial charge in [0.15, 0.2) is 0 Å². The van der Waals surface area contributed by atoms with Gasteiger partial charge in [0.1, 0.15) is 22.6 Å². The molecule has 0 aliphatic heterocycles. The molecule has 0 saturated heterocycles. The van der Waals surface area contributed by atoms with E-state index < -0.39 is 0 Å². The molecule has 4 aliphatic carbocycles. The number of H-pyrrole nitrogens is 4. The highest BCUT2D eigenvalue weighted by atomic mass is 15.1. The average Bonchev–Trinajstić information content (AvgIpc) is 3.81. The summed E-state index contributed by atoms with van der Waals surface area (Å²) in [4.78, 5) is 66.3. The lowest BCUT2D eigenvalue weighted by atomic mass is 9.89. The average molecular weight is 1190 g/mol. The zero-order valence-electron chi connectivity index (χ0n) is 50.4. The standard InChI is InChI=1S/2C18H21N5.C17H19N5.C16H17N5/c1-2-5-13(6-3-1)11-22-18-20-10-8-16(23-18)15-12-21-17-14(15)7-4-9-19-17;1-2-4-7-13(6-3-1)22-18-20-11-9-16(23-18)15-12-21-17-14(15)8-5-10-19-17;1-2-5-12(6-3-1)21-17-19-10-8-15(22-17)14-11-20-16-13(14)7-4-9-18-16;1-2-5-11(4-1)20-16-18-9-7-14(21-16)13-10-19-15-12(13)6-3-8-17-15/h4,7-10,12-13H,1-3,5-6,11H2,(H,19,21)(H,20,22,23);5,8-13H,1-4,6-7H2,(H,19,21)(H,20,22,23);4,7-12H,1-3,5-6H2,(H,18,20)(H,19,21,22);3,6-11H,1-2,4-5H2,(H,17,19)(H,18,20,21). The summed E-state index contributed by atoms with van der Waals surface area (Å²) in [5.41, 5.74) is 11.5. The van der Waals surface area contributed by atoms with E-state index in [2.05, 4.69) is 120 Å². The van der Waals surface area contributed by atoms with E-state index in [4.69, 9.17) is 4.98 Å². The lowest BCUT2D eigenvalue weighted by Crippen LogP contribution is -2.23. The molecular formula is C69H78N20. The Kier molecular flexibility index (Phi) is 18.9. The summed E-state index contributed by atoms with van der Waals surface area (Å²) in [6.07, 6.45) is 48.1. The first-order valence-electron chi connectivity index (χ1n) is 32.2. The Bertz CT molecular complexity index is 4180. The number of fused-ring (bicyclic) bond motifs is 4. The molecule has 89 heavy (non-hydrogen) atoms. The third kappa shape index (κ3) is 14.8. The third-order valence-corrected chi connectivity index (χ3v) is 17.6. The van der Waals surface area contributed by atoms with Gasteiger partial charge < -0.3 is 41.2 Å². The van der Waals surface area contributed by atoms with Crippen LogP contribution in [0.15, 0.2) is 147 Å². The van der Waals surface area contributed by atoms with E-state index in [1.54, 1.807) is 24.8 Å². The van der Waals surface area contributed by atoms with E-state index in [1.165, 1.54) is 128 Å². The predicted octanol–water partition coefficient (Wildman–Crippen LogP) is 15.3. The third-order valence-electron chi connectivity index (χ3n) is 17.6. The van der Waals surface area contributed by atoms with Crippen LogP contribution in [0.4, 0.5) is 23.8 Å². The molecule has 0 radical (unpaired) electrons. The zero-order chi connectivity index (χ0) is 59.8. The Hall–Kier alpha value is -9.72. The van der Waals surface area contributed by atoms with Crippen LogP contribution in [0.2, 0.25) is 0 Å². The maximum atomic E-state index is 4.72. The van der Waals surface area contributed by atoms with Crippen molar-refractivity contribution in [1.82, 2.24) is 79.7 Å². The highest BCUT2D eigenvalue weighted by Gasteiger charge is 2.20. The van der Waals surface area contributed by atoms with Crippen LogP contribution in [0.5, 0.6) is 0 Å². The summed E-state index contributed by atoms with van der Waals surface area (Å²) in [7, 11) is 0. The molecule has 20 heteroatoms. The van der Waals surface area contributed by atoms with Crippen LogP contribution in [-0.4, -0.2) is 104 Å². The number of aromatic amines is 4. The molecule has 16 rings (SSSR count). The van der Waals surface area contributed by atoms with E-state index in [-0.39, 0.29) is 0 Å². The van der Waals surface area contributed by atoms with Gasteiger partial charge in [0.2, 0.25) is 23.8 Å². The first kappa shape index (κ1) is 58.3. The molecule has 0 aromatic carbocycles. The van der Waals surface area contributed by atoms with Crippen LogP contribution in [0, 0.1) is 5.92 Å². The Morgan fingerprint density at radius 2 is 0.584 bits per heavy atom. The summed E-state index contributed by atoms with van der Waals surface area (Å²) < 4.78 is 0. The normalized spacial score (nSPS) is 16.0. The van der Waals surface area contributed by atoms with E-state index >= 15 is 0 Å². The van der Waals surface area contributed by atoms with Gasteiger partial charge in [0, 0.05) is 143 Å². The molecule has 0 amide bonds. The molecule has 8 N–H and O–H groups in total. The van der Waals surface area contributed by atoms with Crippen LogP contribution >= 0.6 is 0 Å². The van der Waals surface area contributed by atoms with Crippen molar-refractivity contribution >= 4 is 67.9 Å². The second-order valence-corrected chi connectivity index (χ2v) is 23.8. The molecular weight excluding hydrogens is 1110 g/mol. The second kappa shape index (κ2) is 28.9. The molecule has 454 valence electrons. The van der Waals surface area contributed by atoms with Gasteiger partial charge >= 0.3 is 0 Å². The summed E-state index contributed by atoms with van der Waals surface area (Å²) in [5, 5.41) is 18.2. The van der Waals surface area contributed by atoms with Crippen molar-refractivity contribution in [3.05, 3.63) is 147 Å². The van der Waals surface area contributed by atoms with Crippen LogP contribution in [0.25, 0.3) is 89.2 Å². The monoisotopic (exact) mass is 1190 g/mol. The molecule has 12 aromatic heterocycles. The molecule has 0 bridgehead atoms. The fourth-order valence-electron chi connectivity index (χ4n) is 12.9. The molecule has 20 nitrogen and oxygen atoms in total. The maximum absolute atomic E-state index is 4.72. The van der Waals surface area contributed by atoms with Gasteiger partial charge in [-0.25, -0.2) is 59.8 Å². The summed E-state index contributed by atoms with van der Waals surface area (Å²) in [5.74, 6) is 3.65. The lowest BCUT2D eigenvalue weighted by molar-refractivity contribution is 0.373. The van der Waals surface area contributed by atoms with Crippen molar-refractivity contribution in [2.45, 2.75) is 147 Å². The van der Waals surface area contributed by atoms with Crippen LogP contribution in [0.3, 0.4) is 0 Å². The van der Waals surface area contributed by atoms with E-state index in [0.717, 1.165) is 119 Å². The number of nitrogens with one attached hydrogen (secondary N) is 8. The number of nitrogens with zero attached hydrogens (tertiary/aromatic N) is 12. The Labute approximate surface area is 517 Å². The van der Waals surface area contributed by atoms with Gasteiger partial charge in [-0.2, -0.15) is 0 Å². The number of hydrogen-bond acceptors (Lipinski definition) is 16. The van der Waals surface area contributed by atoms with Crippen molar-refractivity contribution in [3.63, 3.8) is 0 Å². The summed E-state index contributed by atoms with van der Waals surface area (Å²) in [6.45, 7) is 0.971. The largest absolute Gasteiger partial charge is 0.354 e. The van der Waals surface area contributed by atoms with Crippen molar-refractivity contribution in [1.29, 1.82) is 0 Å². The highest BCUT2D eigenvalue weighted by Crippen LogP contribution is 2.32. The maximum Gasteiger partial charge on any atom is 0.223 e. The van der Waals surface area contributed by atoms with Crippen molar-refractivity contribution in [3.8, 4) is 45.0 Å². The number of pyridine rings is 4. The molecule has 0 spiro atoms. The van der Waals surface area contributed by atoms with Crippen molar-refractivity contribution in [2.75, 3.05) is 27.8 Å². The van der Waals surface area contributed by atoms with Gasteiger partial charge in [-0.15, -0.1) is 0 Å². The smallest absolute Gasteiger partial charge is 0.223 e. The summed E-state index contributed by atoms with van der Waals surface area (Å²) in [6, 6.07) is 25.3. The minimum Gasteiger partial charge on any atom is -0.354 e. The molecule has 4 fully saturated rings. The molecule has 0 unspecified atom stereocenters. The lowest BCUT2D eigenvalue weighted by Gasteiger charge is -2.22. The van der Waals surface area contributed by atoms with Crippen LogP contribution in [0.1, 0.15) is 128 Å². The minimum atomic E-state index is 0.498. The Morgan fingerprint density at radius 1 is 0.303 bits per heavy atom. The number of hydrogen-bond donors (Lipinski definition) is 8. The summed E-state index contributed by atoms with van der Waals surface area (Å²) >= 11 is 0. The van der Waals surface area contributed by atoms with Gasteiger partial charge in [0.05, 0.1) is 22.8 Å². The molecule has 4 saturated carbocycles. The predicted molar refractivity (Wildman–Crippen MR) is 355 cm³/mol. The van der Waals surface area contributed by atoms with Gasteiger partial charge in [-0.05, 0) is 130 Å². The highest BCUT2D eigenvalue weighted by molar-refractivity contribution is 5.95. The fourth-order valence-corrected chi connectivity index (χ4v) is 12.9. The minimum absolute atomic E-state index is 0.498. The van der Waals surface area contributed by atoms with E-state index in [1.807, 2.05) is 98.1 Å². The molecule has 12 aromatic rings. The van der Waals surface area contributed by atoms with Gasteiger partial charge in [0.25, 0.3) is 0 Å². The van der Waals surface area contributed by atoms with E-state index in [9.17, 15) is 0 Å². The fraction of sp³-hybridized carbons (Fsp3) is 0.362.